The van der Waals surface area contributed by atoms with Gasteiger partial charge in [0.05, 0.1) is 12.2 Å². The molecule has 1 aromatic carbocycles. The molecular formula is C25H26ClF3N6O3. The Morgan fingerprint density at radius 2 is 1.82 bits per heavy atom. The molecule has 4 rings (SSSR count). The number of esters is 1. The Balaban J connectivity index is 1.36. The van der Waals surface area contributed by atoms with Gasteiger partial charge in [0.1, 0.15) is 17.2 Å². The van der Waals surface area contributed by atoms with E-state index in [-0.39, 0.29) is 28.6 Å². The van der Waals surface area contributed by atoms with Crippen LogP contribution < -0.4 is 10.4 Å². The standard InChI is InChI=1S/C25H26ClF3N6O3/c26-20-14-31-21(13-30)32-22(20)35(18-3-1-2-4-18)33-23(36)17-7-5-16(6-8-17)15-34-11-9-19(10-12-34)38-24(37)25(27,28)29/h5-8,14,18-19H,1-4,9-12,15H2,(H,33,36). The number of ether oxygens (including phenoxy) is 1. The number of alkyl halides is 3. The molecule has 1 aliphatic heterocycles. The Labute approximate surface area is 222 Å². The van der Waals surface area contributed by atoms with Crippen molar-refractivity contribution >= 4 is 29.3 Å². The summed E-state index contributed by atoms with van der Waals surface area (Å²) in [5.41, 5.74) is 4.24. The highest BCUT2D eigenvalue weighted by molar-refractivity contribution is 6.32. The van der Waals surface area contributed by atoms with E-state index in [0.717, 1.165) is 31.2 Å². The minimum atomic E-state index is -4.99. The number of benzene rings is 1. The van der Waals surface area contributed by atoms with Crippen LogP contribution in [0.5, 0.6) is 0 Å². The number of hydrazine groups is 1. The molecule has 1 aromatic heterocycles. The normalized spacial score (nSPS) is 17.1. The molecule has 0 spiro atoms. The second-order valence-electron chi connectivity index (χ2n) is 9.30. The van der Waals surface area contributed by atoms with E-state index >= 15 is 0 Å². The number of rotatable bonds is 7. The SMILES string of the molecule is N#Cc1ncc(Cl)c(N(NC(=O)c2ccc(CN3CCC(OC(=O)C(F)(F)F)CC3)cc2)C2CCCC2)n1. The van der Waals surface area contributed by atoms with Crippen LogP contribution in [-0.2, 0) is 16.1 Å². The lowest BCUT2D eigenvalue weighted by Crippen LogP contribution is -2.48. The summed E-state index contributed by atoms with van der Waals surface area (Å²) in [5.74, 6) is -2.28. The zero-order valence-electron chi connectivity index (χ0n) is 20.4. The maximum absolute atomic E-state index is 13.1. The lowest BCUT2D eigenvalue weighted by Gasteiger charge is -2.32. The fourth-order valence-corrected chi connectivity index (χ4v) is 4.84. The van der Waals surface area contributed by atoms with Gasteiger partial charge in [0.15, 0.2) is 5.82 Å². The van der Waals surface area contributed by atoms with E-state index in [0.29, 0.717) is 38.0 Å². The Bertz CT molecular complexity index is 1190. The third-order valence-electron chi connectivity index (χ3n) is 6.63. The molecule has 1 aliphatic carbocycles. The summed E-state index contributed by atoms with van der Waals surface area (Å²) in [7, 11) is 0. The number of anilines is 1. The lowest BCUT2D eigenvalue weighted by molar-refractivity contribution is -0.206. The van der Waals surface area contributed by atoms with Crippen LogP contribution in [0.3, 0.4) is 0 Å². The molecule has 0 unspecified atom stereocenters. The van der Waals surface area contributed by atoms with E-state index in [4.69, 9.17) is 11.6 Å². The Kier molecular flexibility index (Phi) is 8.69. The van der Waals surface area contributed by atoms with Crippen LogP contribution >= 0.6 is 11.6 Å². The number of nitrogens with zero attached hydrogens (tertiary/aromatic N) is 5. The minimum absolute atomic E-state index is 0.0181. The number of amides is 1. The second-order valence-corrected chi connectivity index (χ2v) is 9.71. The third-order valence-corrected chi connectivity index (χ3v) is 6.89. The molecule has 1 N–H and O–H groups in total. The highest BCUT2D eigenvalue weighted by atomic mass is 35.5. The first kappa shape index (κ1) is 27.6. The van der Waals surface area contributed by atoms with Gasteiger partial charge in [-0.15, -0.1) is 0 Å². The zero-order chi connectivity index (χ0) is 27.3. The smallest absolute Gasteiger partial charge is 0.456 e. The fraction of sp³-hybridized carbons (Fsp3) is 0.480. The number of carbonyl (C=O) groups excluding carboxylic acids is 2. The van der Waals surface area contributed by atoms with E-state index in [1.54, 1.807) is 17.1 Å². The molecule has 2 fully saturated rings. The quantitative estimate of drug-likeness (QED) is 0.404. The molecule has 13 heteroatoms. The third kappa shape index (κ3) is 6.90. The summed E-state index contributed by atoms with van der Waals surface area (Å²) in [4.78, 5) is 34.3. The molecule has 0 bridgehead atoms. The molecule has 9 nitrogen and oxygen atoms in total. The highest BCUT2D eigenvalue weighted by Crippen LogP contribution is 2.30. The van der Waals surface area contributed by atoms with E-state index in [1.165, 1.54) is 6.20 Å². The summed E-state index contributed by atoms with van der Waals surface area (Å²) >= 11 is 6.32. The highest BCUT2D eigenvalue weighted by Gasteiger charge is 2.42. The molecule has 1 saturated carbocycles. The van der Waals surface area contributed by atoms with Crippen molar-refractivity contribution in [2.24, 2.45) is 0 Å². The van der Waals surface area contributed by atoms with Crippen LogP contribution in [0.4, 0.5) is 19.0 Å². The summed E-state index contributed by atoms with van der Waals surface area (Å²) < 4.78 is 41.8. The van der Waals surface area contributed by atoms with Crippen molar-refractivity contribution < 1.29 is 27.5 Å². The van der Waals surface area contributed by atoms with Gasteiger partial charge in [-0.3, -0.25) is 20.1 Å². The van der Waals surface area contributed by atoms with Crippen LogP contribution in [0.15, 0.2) is 30.5 Å². The first-order valence-corrected chi connectivity index (χ1v) is 12.6. The number of hydrogen-bond acceptors (Lipinski definition) is 8. The van der Waals surface area contributed by atoms with Crippen molar-refractivity contribution in [3.63, 3.8) is 0 Å². The number of aromatic nitrogens is 2. The molecule has 0 radical (unpaired) electrons. The van der Waals surface area contributed by atoms with Gasteiger partial charge in [-0.05, 0) is 43.4 Å². The van der Waals surface area contributed by atoms with Gasteiger partial charge in [0, 0.05) is 25.2 Å². The predicted octanol–water partition coefficient (Wildman–Crippen LogP) is 4.17. The number of hydrogen-bond donors (Lipinski definition) is 1. The summed E-state index contributed by atoms with van der Waals surface area (Å²) in [6, 6.07) is 8.89. The average Bonchev–Trinajstić information content (AvgIpc) is 3.43. The van der Waals surface area contributed by atoms with Gasteiger partial charge in [0.2, 0.25) is 5.82 Å². The van der Waals surface area contributed by atoms with Crippen LogP contribution in [0, 0.1) is 11.3 Å². The summed E-state index contributed by atoms with van der Waals surface area (Å²) in [6.45, 7) is 1.51. The molecule has 1 amide bonds. The number of likely N-dealkylation sites (tertiary alicyclic amines) is 1. The second kappa shape index (κ2) is 12.0. The van der Waals surface area contributed by atoms with Crippen molar-refractivity contribution in [3.05, 3.63) is 52.4 Å². The Morgan fingerprint density at radius 3 is 2.42 bits per heavy atom. The molecule has 38 heavy (non-hydrogen) atoms. The number of nitrogens with one attached hydrogen (secondary N) is 1. The van der Waals surface area contributed by atoms with E-state index in [2.05, 4.69) is 25.0 Å². The van der Waals surface area contributed by atoms with Crippen LogP contribution in [0.2, 0.25) is 5.02 Å². The Morgan fingerprint density at radius 1 is 1.16 bits per heavy atom. The van der Waals surface area contributed by atoms with Crippen molar-refractivity contribution in [1.29, 1.82) is 5.26 Å². The largest absolute Gasteiger partial charge is 0.490 e. The van der Waals surface area contributed by atoms with Gasteiger partial charge in [0.25, 0.3) is 5.91 Å². The number of piperidine rings is 1. The molecule has 2 heterocycles. The topological polar surface area (TPSA) is 111 Å². The number of halogens is 4. The van der Waals surface area contributed by atoms with Crippen LogP contribution in [0.1, 0.15) is 60.3 Å². The molecule has 2 aromatic rings. The van der Waals surface area contributed by atoms with E-state index < -0.39 is 18.2 Å². The maximum Gasteiger partial charge on any atom is 0.490 e. The minimum Gasteiger partial charge on any atom is -0.456 e. The first-order chi connectivity index (χ1) is 18.1. The monoisotopic (exact) mass is 550 g/mol. The Hall–Kier alpha value is -3.43. The maximum atomic E-state index is 13.1. The average molecular weight is 551 g/mol. The van der Waals surface area contributed by atoms with E-state index in [1.807, 2.05) is 18.2 Å². The van der Waals surface area contributed by atoms with Gasteiger partial charge in [-0.2, -0.15) is 23.4 Å². The number of carbonyl (C=O) groups is 2. The number of nitriles is 1. The zero-order valence-corrected chi connectivity index (χ0v) is 21.1. The lowest BCUT2D eigenvalue weighted by atomic mass is 10.1. The van der Waals surface area contributed by atoms with Crippen molar-refractivity contribution in [1.82, 2.24) is 20.3 Å². The van der Waals surface area contributed by atoms with Crippen molar-refractivity contribution in [2.75, 3.05) is 18.1 Å². The molecule has 202 valence electrons. The fourth-order valence-electron chi connectivity index (χ4n) is 4.66. The molecule has 2 aliphatic rings. The van der Waals surface area contributed by atoms with Crippen LogP contribution in [0.25, 0.3) is 0 Å². The van der Waals surface area contributed by atoms with E-state index in [9.17, 15) is 28.0 Å². The molecule has 0 atom stereocenters. The first-order valence-electron chi connectivity index (χ1n) is 12.3. The van der Waals surface area contributed by atoms with Gasteiger partial charge in [-0.25, -0.2) is 9.78 Å². The van der Waals surface area contributed by atoms with Gasteiger partial charge < -0.3 is 4.74 Å². The van der Waals surface area contributed by atoms with Crippen LogP contribution in [-0.4, -0.2) is 58.2 Å². The molecule has 1 saturated heterocycles. The summed E-state index contributed by atoms with van der Waals surface area (Å²) in [5, 5.41) is 11.0. The predicted molar refractivity (Wildman–Crippen MR) is 131 cm³/mol. The van der Waals surface area contributed by atoms with Gasteiger partial charge in [-0.1, -0.05) is 36.6 Å². The van der Waals surface area contributed by atoms with Crippen molar-refractivity contribution in [2.45, 2.75) is 63.4 Å². The van der Waals surface area contributed by atoms with Crippen molar-refractivity contribution in [3.8, 4) is 6.07 Å². The molecular weight excluding hydrogens is 525 g/mol. The van der Waals surface area contributed by atoms with Gasteiger partial charge >= 0.3 is 12.1 Å². The summed E-state index contributed by atoms with van der Waals surface area (Å²) in [6.07, 6.45) is -0.0722.